The number of benzene rings is 1. The number of rotatable bonds is 4. The number of amides is 1. The van der Waals surface area contributed by atoms with Crippen molar-refractivity contribution in [2.45, 2.75) is 38.0 Å². The maximum Gasteiger partial charge on any atom is 0.408 e. The predicted molar refractivity (Wildman–Crippen MR) is 102 cm³/mol. The van der Waals surface area contributed by atoms with Gasteiger partial charge in [0, 0.05) is 12.7 Å². The Morgan fingerprint density at radius 1 is 1.30 bits per heavy atom. The average Bonchev–Trinajstić information content (AvgIpc) is 3.33. The molecule has 2 atom stereocenters. The number of alkyl halides is 3. The Labute approximate surface area is 169 Å². The summed E-state index contributed by atoms with van der Waals surface area (Å²) in [6, 6.07) is 6.00. The molecule has 2 aromatic heterocycles. The fraction of sp³-hybridized carbons (Fsp3) is 0.350. The predicted octanol–water partition coefficient (Wildman–Crippen LogP) is 3.89. The van der Waals surface area contributed by atoms with Gasteiger partial charge in [0.1, 0.15) is 23.2 Å². The first kappa shape index (κ1) is 20.1. The molecule has 158 valence electrons. The zero-order valence-electron chi connectivity index (χ0n) is 16.0. The first-order valence-electron chi connectivity index (χ1n) is 9.48. The highest BCUT2D eigenvalue weighted by molar-refractivity contribution is 6.00. The second-order valence-corrected chi connectivity index (χ2v) is 7.26. The number of fused-ring (bicyclic) bond motifs is 1. The molecule has 3 heterocycles. The van der Waals surface area contributed by atoms with E-state index in [9.17, 15) is 22.4 Å². The third kappa shape index (κ3) is 3.81. The molecule has 4 rings (SSSR count). The molecular weight excluding hydrogens is 402 g/mol. The van der Waals surface area contributed by atoms with Crippen LogP contribution in [0.4, 0.5) is 23.4 Å². The van der Waals surface area contributed by atoms with Crippen molar-refractivity contribution in [2.24, 2.45) is 0 Å². The summed E-state index contributed by atoms with van der Waals surface area (Å²) in [5.41, 5.74) is 0.929. The van der Waals surface area contributed by atoms with Crippen molar-refractivity contribution in [1.29, 1.82) is 0 Å². The molecule has 0 bridgehead atoms. The summed E-state index contributed by atoms with van der Waals surface area (Å²) in [4.78, 5) is 18.9. The number of halogens is 4. The molecule has 3 aromatic rings. The van der Waals surface area contributed by atoms with Crippen LogP contribution in [0.5, 0.6) is 0 Å². The molecule has 30 heavy (non-hydrogen) atoms. The summed E-state index contributed by atoms with van der Waals surface area (Å²) in [7, 11) is 0. The van der Waals surface area contributed by atoms with Crippen molar-refractivity contribution in [3.63, 3.8) is 0 Å². The van der Waals surface area contributed by atoms with E-state index in [-0.39, 0.29) is 23.1 Å². The summed E-state index contributed by atoms with van der Waals surface area (Å²) in [6.07, 6.45) is -0.0676. The summed E-state index contributed by atoms with van der Waals surface area (Å²) < 4.78 is 53.4. The Morgan fingerprint density at radius 3 is 2.83 bits per heavy atom. The Morgan fingerprint density at radius 2 is 2.10 bits per heavy atom. The van der Waals surface area contributed by atoms with E-state index in [0.29, 0.717) is 12.4 Å². The van der Waals surface area contributed by atoms with Gasteiger partial charge in [0.25, 0.3) is 5.91 Å². The van der Waals surface area contributed by atoms with Crippen LogP contribution in [-0.4, -0.2) is 39.3 Å². The van der Waals surface area contributed by atoms with Crippen LogP contribution >= 0.6 is 0 Å². The van der Waals surface area contributed by atoms with E-state index < -0.39 is 18.1 Å². The van der Waals surface area contributed by atoms with E-state index in [1.165, 1.54) is 22.8 Å². The molecular formula is C20H19F4N5O. The fourth-order valence-corrected chi connectivity index (χ4v) is 3.64. The molecule has 1 N–H and O–H groups in total. The number of carbonyl (C=O) groups excluding carboxylic acids is 1. The molecule has 6 nitrogen and oxygen atoms in total. The Kier molecular flexibility index (Phi) is 5.08. The van der Waals surface area contributed by atoms with E-state index >= 15 is 0 Å². The van der Waals surface area contributed by atoms with Crippen LogP contribution in [-0.2, 0) is 0 Å². The van der Waals surface area contributed by atoms with Crippen molar-refractivity contribution in [1.82, 2.24) is 19.9 Å². The molecule has 1 saturated heterocycles. The van der Waals surface area contributed by atoms with Crippen LogP contribution in [0.2, 0.25) is 0 Å². The zero-order chi connectivity index (χ0) is 21.5. The van der Waals surface area contributed by atoms with Gasteiger partial charge in [0.15, 0.2) is 5.65 Å². The Balaban J connectivity index is 1.65. The number of hydrogen-bond donors (Lipinski definition) is 1. The van der Waals surface area contributed by atoms with Crippen molar-refractivity contribution >= 4 is 17.4 Å². The lowest BCUT2D eigenvalue weighted by atomic mass is 10.0. The first-order chi connectivity index (χ1) is 14.2. The maximum absolute atomic E-state index is 13.7. The molecule has 1 aliphatic rings. The highest BCUT2D eigenvalue weighted by Crippen LogP contribution is 2.35. The van der Waals surface area contributed by atoms with Crippen molar-refractivity contribution in [2.75, 3.05) is 11.4 Å². The lowest BCUT2D eigenvalue weighted by molar-refractivity contribution is -0.149. The smallest absolute Gasteiger partial charge is 0.349 e. The molecule has 0 radical (unpaired) electrons. The van der Waals surface area contributed by atoms with E-state index in [1.54, 1.807) is 18.3 Å². The van der Waals surface area contributed by atoms with Gasteiger partial charge in [-0.15, -0.1) is 0 Å². The molecule has 10 heteroatoms. The summed E-state index contributed by atoms with van der Waals surface area (Å²) in [6.45, 7) is 1.56. The second kappa shape index (κ2) is 7.58. The average molecular weight is 421 g/mol. The van der Waals surface area contributed by atoms with Gasteiger partial charge in [-0.3, -0.25) is 4.79 Å². The molecule has 1 fully saturated rings. The van der Waals surface area contributed by atoms with Gasteiger partial charge < -0.3 is 10.2 Å². The normalized spacial score (nSPS) is 18.0. The van der Waals surface area contributed by atoms with Crippen LogP contribution < -0.4 is 10.2 Å². The molecule has 1 amide bonds. The lowest BCUT2D eigenvalue weighted by Crippen LogP contribution is -2.43. The topological polar surface area (TPSA) is 62.5 Å². The number of hydrogen-bond acceptors (Lipinski definition) is 4. The van der Waals surface area contributed by atoms with Crippen LogP contribution in [0.3, 0.4) is 0 Å². The van der Waals surface area contributed by atoms with Gasteiger partial charge in [-0.05, 0) is 43.5 Å². The number of anilines is 1. The summed E-state index contributed by atoms with van der Waals surface area (Å²) >= 11 is 0. The van der Waals surface area contributed by atoms with Gasteiger partial charge in [-0.25, -0.2) is 13.9 Å². The molecule has 1 unspecified atom stereocenters. The van der Waals surface area contributed by atoms with E-state index in [2.05, 4.69) is 10.1 Å². The quantitative estimate of drug-likeness (QED) is 0.650. The Bertz CT molecular complexity index is 1080. The number of nitrogens with zero attached hydrogens (tertiary/aromatic N) is 4. The standard InChI is InChI=1S/C20H19F4N5O/c1-12(20(22,23)24)26-19(30)15-11-25-29-9-7-17(27-18(15)29)28-8-3-6-16(28)13-4-2-5-14(21)10-13/h2,4-5,7,9-12,16H,3,6,8H2,1H3,(H,26,30)/t12?,16-/m1/s1. The molecule has 0 saturated carbocycles. The van der Waals surface area contributed by atoms with Crippen molar-refractivity contribution in [3.8, 4) is 0 Å². The third-order valence-corrected chi connectivity index (χ3v) is 5.22. The summed E-state index contributed by atoms with van der Waals surface area (Å²) in [5.74, 6) is -0.674. The zero-order valence-corrected chi connectivity index (χ0v) is 16.0. The lowest BCUT2D eigenvalue weighted by Gasteiger charge is -2.26. The van der Waals surface area contributed by atoms with Gasteiger partial charge >= 0.3 is 6.18 Å². The molecule has 0 aliphatic carbocycles. The summed E-state index contributed by atoms with van der Waals surface area (Å²) in [5, 5.41) is 5.94. The second-order valence-electron chi connectivity index (χ2n) is 7.26. The Hall–Kier alpha value is -3.17. The minimum Gasteiger partial charge on any atom is -0.349 e. The van der Waals surface area contributed by atoms with Crippen molar-refractivity contribution < 1.29 is 22.4 Å². The maximum atomic E-state index is 13.7. The van der Waals surface area contributed by atoms with Crippen molar-refractivity contribution in [3.05, 3.63) is 59.7 Å². The molecule has 1 aliphatic heterocycles. The van der Waals surface area contributed by atoms with Crippen LogP contribution in [0, 0.1) is 5.82 Å². The van der Waals surface area contributed by atoms with E-state index in [1.807, 2.05) is 16.3 Å². The number of carbonyl (C=O) groups is 1. The molecule has 1 aromatic carbocycles. The van der Waals surface area contributed by atoms with Gasteiger partial charge in [0.05, 0.1) is 12.2 Å². The minimum atomic E-state index is -4.55. The van der Waals surface area contributed by atoms with Gasteiger partial charge in [-0.2, -0.15) is 18.3 Å². The van der Waals surface area contributed by atoms with Crippen LogP contribution in [0.1, 0.15) is 41.7 Å². The number of nitrogens with one attached hydrogen (secondary N) is 1. The first-order valence-corrected chi connectivity index (χ1v) is 9.48. The highest BCUT2D eigenvalue weighted by atomic mass is 19.4. The van der Waals surface area contributed by atoms with Crippen LogP contribution in [0.25, 0.3) is 5.65 Å². The largest absolute Gasteiger partial charge is 0.408 e. The molecule has 0 spiro atoms. The fourth-order valence-electron chi connectivity index (χ4n) is 3.64. The SMILES string of the molecule is CC(NC(=O)c1cnn2ccc(N3CCC[C@@H]3c3cccc(F)c3)nc12)C(F)(F)F. The highest BCUT2D eigenvalue weighted by Gasteiger charge is 2.37. The minimum absolute atomic E-state index is 0.0468. The number of aromatic nitrogens is 3. The van der Waals surface area contributed by atoms with Gasteiger partial charge in [0.2, 0.25) is 0 Å². The van der Waals surface area contributed by atoms with E-state index in [0.717, 1.165) is 25.3 Å². The van der Waals surface area contributed by atoms with Crippen LogP contribution in [0.15, 0.2) is 42.7 Å². The third-order valence-electron chi connectivity index (χ3n) is 5.22. The monoisotopic (exact) mass is 421 g/mol. The van der Waals surface area contributed by atoms with E-state index in [4.69, 9.17) is 0 Å². The van der Waals surface area contributed by atoms with Gasteiger partial charge in [-0.1, -0.05) is 12.1 Å².